The van der Waals surface area contributed by atoms with Crippen LogP contribution in [0.2, 0.25) is 0 Å². The summed E-state index contributed by atoms with van der Waals surface area (Å²) < 4.78 is 0. The van der Waals surface area contributed by atoms with Crippen LogP contribution >= 0.6 is 0 Å². The van der Waals surface area contributed by atoms with Crippen molar-refractivity contribution >= 4 is 0 Å². The average molecular weight is 132 g/mol. The lowest BCUT2D eigenvalue weighted by atomic mass is 10.1. The van der Waals surface area contributed by atoms with Gasteiger partial charge >= 0.3 is 0 Å². The third-order valence-electron chi connectivity index (χ3n) is 1.36. The number of hydrogen-bond acceptors (Lipinski definition) is 4. The fraction of sp³-hybridized carbons (Fsp3) is 1.00. The van der Waals surface area contributed by atoms with Crippen LogP contribution in [0.25, 0.3) is 0 Å². The Labute approximate surface area is 54.0 Å². The van der Waals surface area contributed by atoms with Gasteiger partial charge in [0.2, 0.25) is 0 Å². The first-order valence-electron chi connectivity index (χ1n) is 2.96. The van der Waals surface area contributed by atoms with Gasteiger partial charge in [-0.05, 0) is 18.1 Å². The lowest BCUT2D eigenvalue weighted by Gasteiger charge is -2.11. The van der Waals surface area contributed by atoms with Crippen LogP contribution in [0.4, 0.5) is 0 Å². The van der Waals surface area contributed by atoms with E-state index in [0.717, 1.165) is 0 Å². The van der Waals surface area contributed by atoms with Gasteiger partial charge in [0.15, 0.2) is 6.23 Å². The predicted octanol–water partition coefficient (Wildman–Crippen LogP) is 0.0561. The minimum Gasteiger partial charge on any atom is -0.369 e. The van der Waals surface area contributed by atoms with Gasteiger partial charge in [0.25, 0.3) is 0 Å². The molecule has 0 aromatic heterocycles. The molecular formula is C5H12N2O2. The zero-order chi connectivity index (χ0) is 7.28. The largest absolute Gasteiger partial charge is 0.369 e. The van der Waals surface area contributed by atoms with Crippen molar-refractivity contribution < 1.29 is 5.11 Å². The summed E-state index contributed by atoms with van der Waals surface area (Å²) in [5, 5.41) is 11.2. The first-order valence-corrected chi connectivity index (χ1v) is 2.96. The summed E-state index contributed by atoms with van der Waals surface area (Å²) in [5.74, 6) is -0.178. The molecule has 3 N–H and O–H groups in total. The summed E-state index contributed by atoms with van der Waals surface area (Å²) >= 11 is 0. The predicted molar refractivity (Wildman–Crippen MR) is 34.6 cm³/mol. The second kappa shape index (κ2) is 4.40. The normalized spacial score (nSPS) is 16.8. The van der Waals surface area contributed by atoms with Gasteiger partial charge < -0.3 is 10.8 Å². The van der Waals surface area contributed by atoms with Crippen molar-refractivity contribution in [3.8, 4) is 0 Å². The highest BCUT2D eigenvalue weighted by molar-refractivity contribution is 4.64. The maximum Gasteiger partial charge on any atom is 0.190 e. The molecule has 54 valence electrons. The maximum absolute atomic E-state index is 9.71. The van der Waals surface area contributed by atoms with Gasteiger partial charge in [-0.25, -0.2) is 0 Å². The monoisotopic (exact) mass is 132 g/mol. The van der Waals surface area contributed by atoms with Crippen LogP contribution in [0, 0.1) is 10.8 Å². The van der Waals surface area contributed by atoms with E-state index in [0.29, 0.717) is 13.0 Å². The van der Waals surface area contributed by atoms with Crippen molar-refractivity contribution in [1.29, 1.82) is 0 Å². The number of nitrogens with two attached hydrogens (primary N) is 1. The highest BCUT2D eigenvalue weighted by Crippen LogP contribution is 2.06. The van der Waals surface area contributed by atoms with Gasteiger partial charge in [0, 0.05) is 5.92 Å². The zero-order valence-electron chi connectivity index (χ0n) is 5.45. The smallest absolute Gasteiger partial charge is 0.190 e. The Morgan fingerprint density at radius 2 is 2.33 bits per heavy atom. The van der Waals surface area contributed by atoms with E-state index in [-0.39, 0.29) is 5.92 Å². The van der Waals surface area contributed by atoms with E-state index in [2.05, 4.69) is 5.18 Å². The summed E-state index contributed by atoms with van der Waals surface area (Å²) in [5.41, 5.74) is 5.20. The lowest BCUT2D eigenvalue weighted by Crippen LogP contribution is -2.25. The SMILES string of the molecule is CCC(CN)C(O)N=O. The number of rotatable bonds is 4. The van der Waals surface area contributed by atoms with Crippen LogP contribution in [-0.2, 0) is 0 Å². The molecule has 0 aliphatic heterocycles. The molecule has 0 aliphatic carbocycles. The van der Waals surface area contributed by atoms with E-state index >= 15 is 0 Å². The van der Waals surface area contributed by atoms with Crippen LogP contribution < -0.4 is 5.73 Å². The third kappa shape index (κ3) is 2.53. The number of nitrogens with zero attached hydrogens (tertiary/aromatic N) is 1. The van der Waals surface area contributed by atoms with Crippen molar-refractivity contribution in [3.05, 3.63) is 4.91 Å². The number of aliphatic hydroxyl groups excluding tert-OH is 1. The molecule has 0 heterocycles. The molecule has 0 aromatic carbocycles. The molecule has 0 aliphatic rings. The van der Waals surface area contributed by atoms with E-state index < -0.39 is 6.23 Å². The Morgan fingerprint density at radius 3 is 2.44 bits per heavy atom. The Balaban J connectivity index is 3.63. The Kier molecular flexibility index (Phi) is 4.17. The minimum atomic E-state index is -1.13. The van der Waals surface area contributed by atoms with E-state index in [9.17, 15) is 4.91 Å². The molecule has 0 bridgehead atoms. The molecule has 0 rings (SSSR count). The lowest BCUT2D eigenvalue weighted by molar-refractivity contribution is 0.116. The first-order chi connectivity index (χ1) is 4.26. The Morgan fingerprint density at radius 1 is 1.78 bits per heavy atom. The highest BCUT2D eigenvalue weighted by Gasteiger charge is 2.14. The molecule has 4 heteroatoms. The molecule has 0 fully saturated rings. The average Bonchev–Trinajstić information content (AvgIpc) is 1.90. The molecule has 2 atom stereocenters. The van der Waals surface area contributed by atoms with Gasteiger partial charge in [-0.1, -0.05) is 6.92 Å². The molecule has 0 saturated heterocycles. The summed E-state index contributed by atoms with van der Waals surface area (Å²) in [6.07, 6.45) is -0.441. The molecule has 0 saturated carbocycles. The molecule has 2 unspecified atom stereocenters. The van der Waals surface area contributed by atoms with E-state index in [1.165, 1.54) is 0 Å². The summed E-state index contributed by atoms with van der Waals surface area (Å²) in [6.45, 7) is 2.16. The van der Waals surface area contributed by atoms with Crippen LogP contribution in [0.5, 0.6) is 0 Å². The Bertz CT molecular complexity index is 83.0. The molecule has 0 spiro atoms. The molecule has 0 radical (unpaired) electrons. The molecule has 9 heavy (non-hydrogen) atoms. The highest BCUT2D eigenvalue weighted by atomic mass is 16.3. The van der Waals surface area contributed by atoms with Crippen molar-refractivity contribution in [3.63, 3.8) is 0 Å². The Hall–Kier alpha value is -0.480. The van der Waals surface area contributed by atoms with Crippen LogP contribution in [-0.4, -0.2) is 17.9 Å². The van der Waals surface area contributed by atoms with E-state index in [1.807, 2.05) is 6.92 Å². The van der Waals surface area contributed by atoms with Crippen molar-refractivity contribution in [1.82, 2.24) is 0 Å². The maximum atomic E-state index is 9.71. The third-order valence-corrected chi connectivity index (χ3v) is 1.36. The van der Waals surface area contributed by atoms with Crippen molar-refractivity contribution in [2.45, 2.75) is 19.6 Å². The molecular weight excluding hydrogens is 120 g/mol. The molecule has 0 aromatic rings. The summed E-state index contributed by atoms with van der Waals surface area (Å²) in [4.78, 5) is 9.71. The first kappa shape index (κ1) is 8.52. The van der Waals surface area contributed by atoms with Gasteiger partial charge in [0.05, 0.1) is 0 Å². The van der Waals surface area contributed by atoms with Crippen molar-refractivity contribution in [2.75, 3.05) is 6.54 Å². The fourth-order valence-corrected chi connectivity index (χ4v) is 0.585. The summed E-state index contributed by atoms with van der Waals surface area (Å²) in [6, 6.07) is 0. The number of nitroso groups, excluding NO2 is 1. The topological polar surface area (TPSA) is 75.7 Å². The number of hydrogen-bond donors (Lipinski definition) is 2. The molecule has 0 amide bonds. The van der Waals surface area contributed by atoms with Gasteiger partial charge in [-0.15, -0.1) is 4.91 Å². The molecule has 4 nitrogen and oxygen atoms in total. The number of aliphatic hydroxyl groups is 1. The van der Waals surface area contributed by atoms with Crippen LogP contribution in [0.15, 0.2) is 5.18 Å². The van der Waals surface area contributed by atoms with Crippen LogP contribution in [0.3, 0.4) is 0 Å². The van der Waals surface area contributed by atoms with Crippen LogP contribution in [0.1, 0.15) is 13.3 Å². The summed E-state index contributed by atoms with van der Waals surface area (Å²) in [7, 11) is 0. The minimum absolute atomic E-state index is 0.178. The second-order valence-electron chi connectivity index (χ2n) is 1.92. The van der Waals surface area contributed by atoms with Gasteiger partial charge in [-0.3, -0.25) is 0 Å². The van der Waals surface area contributed by atoms with Crippen molar-refractivity contribution in [2.24, 2.45) is 16.8 Å². The van der Waals surface area contributed by atoms with Gasteiger partial charge in [0.1, 0.15) is 0 Å². The quantitative estimate of drug-likeness (QED) is 0.531. The fourth-order valence-electron chi connectivity index (χ4n) is 0.585. The zero-order valence-corrected chi connectivity index (χ0v) is 5.45. The van der Waals surface area contributed by atoms with E-state index in [4.69, 9.17) is 10.8 Å². The van der Waals surface area contributed by atoms with E-state index in [1.54, 1.807) is 0 Å². The standard InChI is InChI=1S/C5H12N2O2/c1-2-4(3-6)5(8)7-9/h4-5,8H,2-3,6H2,1H3. The second-order valence-corrected chi connectivity index (χ2v) is 1.92. The van der Waals surface area contributed by atoms with Gasteiger partial charge in [-0.2, -0.15) is 0 Å².